The minimum absolute atomic E-state index is 0.444. The van der Waals surface area contributed by atoms with E-state index >= 15 is 0 Å². The largest absolute Gasteiger partial charge is 0.478 e. The van der Waals surface area contributed by atoms with Crippen LogP contribution in [0, 0.1) is 5.92 Å². The standard InChI is InChI=1S/C18H28N2O/c1-13(2)17-10-15(12-19-16-6-7-16)11-18(20-17)21-9-8-14-4-3-5-14/h10-11,13-14,16,19H,3-9,12H2,1-2H3. The molecule has 3 nitrogen and oxygen atoms in total. The summed E-state index contributed by atoms with van der Waals surface area (Å²) in [7, 11) is 0. The van der Waals surface area contributed by atoms with Crippen LogP contribution in [0.5, 0.6) is 5.88 Å². The summed E-state index contributed by atoms with van der Waals surface area (Å²) >= 11 is 0. The lowest BCUT2D eigenvalue weighted by Gasteiger charge is -2.25. The summed E-state index contributed by atoms with van der Waals surface area (Å²) in [6, 6.07) is 5.07. The van der Waals surface area contributed by atoms with Gasteiger partial charge >= 0.3 is 0 Å². The van der Waals surface area contributed by atoms with Crippen LogP contribution in [-0.2, 0) is 6.54 Å². The molecule has 1 aromatic heterocycles. The summed E-state index contributed by atoms with van der Waals surface area (Å²) in [6.07, 6.45) is 8.02. The summed E-state index contributed by atoms with van der Waals surface area (Å²) in [5, 5.41) is 3.58. The molecule has 3 heteroatoms. The third kappa shape index (κ3) is 4.44. The van der Waals surface area contributed by atoms with E-state index in [0.717, 1.165) is 36.7 Å². The van der Waals surface area contributed by atoms with E-state index in [1.807, 2.05) is 0 Å². The van der Waals surface area contributed by atoms with Crippen molar-refractivity contribution in [1.29, 1.82) is 0 Å². The summed E-state index contributed by atoms with van der Waals surface area (Å²) in [4.78, 5) is 4.67. The summed E-state index contributed by atoms with van der Waals surface area (Å²) in [5.74, 6) is 2.15. The highest BCUT2D eigenvalue weighted by molar-refractivity contribution is 5.27. The maximum absolute atomic E-state index is 5.93. The Balaban J connectivity index is 1.58. The molecule has 0 aliphatic heterocycles. The van der Waals surface area contributed by atoms with Crippen LogP contribution in [-0.4, -0.2) is 17.6 Å². The van der Waals surface area contributed by atoms with E-state index in [9.17, 15) is 0 Å². The summed E-state index contributed by atoms with van der Waals surface area (Å²) in [6.45, 7) is 6.14. The molecule has 2 aliphatic rings. The SMILES string of the molecule is CC(C)c1cc(CNC2CC2)cc(OCCC2CCC2)n1. The smallest absolute Gasteiger partial charge is 0.213 e. The number of hydrogen-bond donors (Lipinski definition) is 1. The van der Waals surface area contributed by atoms with Crippen LogP contribution >= 0.6 is 0 Å². The van der Waals surface area contributed by atoms with Crippen LogP contribution in [0.25, 0.3) is 0 Å². The minimum atomic E-state index is 0.444. The van der Waals surface area contributed by atoms with Crippen LogP contribution in [0.2, 0.25) is 0 Å². The van der Waals surface area contributed by atoms with Gasteiger partial charge in [0.25, 0.3) is 0 Å². The lowest BCUT2D eigenvalue weighted by atomic mass is 9.83. The van der Waals surface area contributed by atoms with Crippen molar-refractivity contribution in [3.05, 3.63) is 23.4 Å². The first-order valence-corrected chi connectivity index (χ1v) is 8.58. The molecule has 116 valence electrons. The van der Waals surface area contributed by atoms with E-state index in [2.05, 4.69) is 36.3 Å². The number of nitrogens with zero attached hydrogens (tertiary/aromatic N) is 1. The number of pyridine rings is 1. The molecular weight excluding hydrogens is 260 g/mol. The molecule has 2 aliphatic carbocycles. The Morgan fingerprint density at radius 3 is 2.67 bits per heavy atom. The van der Waals surface area contributed by atoms with Gasteiger partial charge in [-0.25, -0.2) is 4.98 Å². The third-order valence-corrected chi connectivity index (χ3v) is 4.65. The van der Waals surface area contributed by atoms with Gasteiger partial charge < -0.3 is 10.1 Å². The predicted octanol–water partition coefficient (Wildman–Crippen LogP) is 4.03. The van der Waals surface area contributed by atoms with Gasteiger partial charge in [0.2, 0.25) is 5.88 Å². The quantitative estimate of drug-likeness (QED) is 0.784. The first-order chi connectivity index (χ1) is 10.2. The molecule has 21 heavy (non-hydrogen) atoms. The Kier molecular flexibility index (Phi) is 4.79. The van der Waals surface area contributed by atoms with Gasteiger partial charge in [0, 0.05) is 24.3 Å². The number of ether oxygens (including phenoxy) is 1. The van der Waals surface area contributed by atoms with Gasteiger partial charge in [-0.2, -0.15) is 0 Å². The third-order valence-electron chi connectivity index (χ3n) is 4.65. The monoisotopic (exact) mass is 288 g/mol. The molecule has 0 unspecified atom stereocenters. The molecule has 0 bridgehead atoms. The minimum Gasteiger partial charge on any atom is -0.478 e. The van der Waals surface area contributed by atoms with Crippen molar-refractivity contribution in [3.8, 4) is 5.88 Å². The van der Waals surface area contributed by atoms with E-state index in [-0.39, 0.29) is 0 Å². The van der Waals surface area contributed by atoms with E-state index in [1.54, 1.807) is 0 Å². The molecule has 2 fully saturated rings. The fourth-order valence-corrected chi connectivity index (χ4v) is 2.72. The van der Waals surface area contributed by atoms with Crippen molar-refractivity contribution in [2.45, 2.75) is 70.9 Å². The van der Waals surface area contributed by atoms with Gasteiger partial charge in [0.15, 0.2) is 0 Å². The molecule has 1 heterocycles. The molecule has 1 N–H and O–H groups in total. The van der Waals surface area contributed by atoms with Gasteiger partial charge in [-0.15, -0.1) is 0 Å². The molecule has 3 rings (SSSR count). The molecule has 1 aromatic rings. The highest BCUT2D eigenvalue weighted by Gasteiger charge is 2.20. The van der Waals surface area contributed by atoms with E-state index in [1.165, 1.54) is 44.1 Å². The summed E-state index contributed by atoms with van der Waals surface area (Å²) in [5.41, 5.74) is 2.45. The van der Waals surface area contributed by atoms with Gasteiger partial charge in [-0.3, -0.25) is 0 Å². The Hall–Kier alpha value is -1.09. The molecule has 0 spiro atoms. The Labute approximate surface area is 128 Å². The van der Waals surface area contributed by atoms with Crippen LogP contribution in [0.15, 0.2) is 12.1 Å². The Morgan fingerprint density at radius 1 is 1.24 bits per heavy atom. The van der Waals surface area contributed by atoms with Crippen molar-refractivity contribution in [3.63, 3.8) is 0 Å². The highest BCUT2D eigenvalue weighted by atomic mass is 16.5. The van der Waals surface area contributed by atoms with E-state index in [4.69, 9.17) is 4.74 Å². The molecular formula is C18H28N2O. The van der Waals surface area contributed by atoms with Crippen LogP contribution in [0.1, 0.15) is 69.5 Å². The van der Waals surface area contributed by atoms with Gasteiger partial charge in [-0.05, 0) is 42.7 Å². The van der Waals surface area contributed by atoms with Gasteiger partial charge in [0.05, 0.1) is 6.61 Å². The number of rotatable bonds is 8. The molecule has 0 saturated heterocycles. The second-order valence-electron chi connectivity index (χ2n) is 6.98. The maximum atomic E-state index is 5.93. The fourth-order valence-electron chi connectivity index (χ4n) is 2.72. The zero-order chi connectivity index (χ0) is 14.7. The van der Waals surface area contributed by atoms with Crippen molar-refractivity contribution >= 4 is 0 Å². The lowest BCUT2D eigenvalue weighted by molar-refractivity contribution is 0.217. The van der Waals surface area contributed by atoms with Crippen molar-refractivity contribution in [2.24, 2.45) is 5.92 Å². The van der Waals surface area contributed by atoms with Crippen LogP contribution in [0.4, 0.5) is 0 Å². The molecule has 0 amide bonds. The second kappa shape index (κ2) is 6.78. The maximum Gasteiger partial charge on any atom is 0.213 e. The lowest BCUT2D eigenvalue weighted by Crippen LogP contribution is -2.17. The Bertz CT molecular complexity index is 464. The molecule has 0 atom stereocenters. The number of hydrogen-bond acceptors (Lipinski definition) is 3. The van der Waals surface area contributed by atoms with E-state index in [0.29, 0.717) is 5.92 Å². The van der Waals surface area contributed by atoms with Crippen LogP contribution in [0.3, 0.4) is 0 Å². The Morgan fingerprint density at radius 2 is 2.05 bits per heavy atom. The highest BCUT2D eigenvalue weighted by Crippen LogP contribution is 2.29. The second-order valence-corrected chi connectivity index (χ2v) is 6.98. The first kappa shape index (κ1) is 14.8. The average molecular weight is 288 g/mol. The predicted molar refractivity (Wildman–Crippen MR) is 85.6 cm³/mol. The molecule has 0 aromatic carbocycles. The van der Waals surface area contributed by atoms with Crippen molar-refractivity contribution in [2.75, 3.05) is 6.61 Å². The van der Waals surface area contributed by atoms with Crippen LogP contribution < -0.4 is 10.1 Å². The number of nitrogens with one attached hydrogen (secondary N) is 1. The molecule has 2 saturated carbocycles. The van der Waals surface area contributed by atoms with Gasteiger partial charge in [-0.1, -0.05) is 33.1 Å². The molecule has 0 radical (unpaired) electrons. The van der Waals surface area contributed by atoms with Gasteiger partial charge in [0.1, 0.15) is 0 Å². The topological polar surface area (TPSA) is 34.1 Å². The van der Waals surface area contributed by atoms with Crippen molar-refractivity contribution in [1.82, 2.24) is 10.3 Å². The fraction of sp³-hybridized carbons (Fsp3) is 0.722. The van der Waals surface area contributed by atoms with Crippen molar-refractivity contribution < 1.29 is 4.74 Å². The zero-order valence-electron chi connectivity index (χ0n) is 13.4. The summed E-state index contributed by atoms with van der Waals surface area (Å²) < 4.78 is 5.93. The number of aromatic nitrogens is 1. The normalized spacial score (nSPS) is 18.8. The first-order valence-electron chi connectivity index (χ1n) is 8.58. The van der Waals surface area contributed by atoms with E-state index < -0.39 is 0 Å². The average Bonchev–Trinajstić information content (AvgIpc) is 3.23. The zero-order valence-corrected chi connectivity index (χ0v) is 13.4.